The van der Waals surface area contributed by atoms with Crippen molar-refractivity contribution < 1.29 is 14.7 Å². The molecule has 0 aliphatic carbocycles. The van der Waals surface area contributed by atoms with Gasteiger partial charge in [0.25, 0.3) is 5.91 Å². The number of aromatic carboxylic acids is 1. The van der Waals surface area contributed by atoms with Crippen molar-refractivity contribution in [3.8, 4) is 0 Å². The molecule has 0 atom stereocenters. The van der Waals surface area contributed by atoms with Crippen LogP contribution >= 0.6 is 11.5 Å². The molecule has 6 nitrogen and oxygen atoms in total. The van der Waals surface area contributed by atoms with Gasteiger partial charge in [0.15, 0.2) is 0 Å². The molecule has 0 bridgehead atoms. The largest absolute Gasteiger partial charge is 0.478 e. The Labute approximate surface area is 113 Å². The molecule has 0 spiro atoms. The van der Waals surface area contributed by atoms with Crippen molar-refractivity contribution in [3.05, 3.63) is 40.8 Å². The molecule has 0 aromatic carbocycles. The molecule has 7 heteroatoms. The lowest BCUT2D eigenvalue weighted by Gasteiger charge is -2.03. The van der Waals surface area contributed by atoms with Gasteiger partial charge in [0, 0.05) is 11.9 Å². The Hall–Kier alpha value is -2.28. The van der Waals surface area contributed by atoms with Crippen LogP contribution in [0, 0.1) is 13.8 Å². The molecule has 19 heavy (non-hydrogen) atoms. The van der Waals surface area contributed by atoms with Crippen LogP contribution in [0.5, 0.6) is 0 Å². The minimum atomic E-state index is -1.11. The molecule has 0 saturated heterocycles. The normalized spacial score (nSPS) is 10.2. The molecule has 0 aliphatic heterocycles. The Kier molecular flexibility index (Phi) is 3.57. The molecule has 0 radical (unpaired) electrons. The molecule has 2 rings (SSSR count). The summed E-state index contributed by atoms with van der Waals surface area (Å²) in [5.74, 6) is -1.51. The van der Waals surface area contributed by atoms with Crippen molar-refractivity contribution >= 4 is 28.4 Å². The van der Waals surface area contributed by atoms with E-state index in [-0.39, 0.29) is 10.6 Å². The van der Waals surface area contributed by atoms with E-state index in [4.69, 9.17) is 5.11 Å². The summed E-state index contributed by atoms with van der Waals surface area (Å²) in [7, 11) is 0. The predicted molar refractivity (Wildman–Crippen MR) is 70.7 cm³/mol. The number of anilines is 1. The molecule has 2 N–H and O–H groups in total. The number of carbonyl (C=O) groups is 2. The number of hydrogen-bond donors (Lipinski definition) is 2. The minimum Gasteiger partial charge on any atom is -0.478 e. The zero-order valence-corrected chi connectivity index (χ0v) is 11.1. The van der Waals surface area contributed by atoms with Crippen LogP contribution in [0.2, 0.25) is 0 Å². The van der Waals surface area contributed by atoms with Crippen LogP contribution in [0.1, 0.15) is 32.1 Å². The highest BCUT2D eigenvalue weighted by Crippen LogP contribution is 2.24. The second kappa shape index (κ2) is 5.15. The van der Waals surface area contributed by atoms with Crippen molar-refractivity contribution in [2.24, 2.45) is 0 Å². The average Bonchev–Trinajstić information content (AvgIpc) is 2.71. The van der Waals surface area contributed by atoms with Gasteiger partial charge in [-0.2, -0.15) is 4.37 Å². The third kappa shape index (κ3) is 2.76. The van der Waals surface area contributed by atoms with Gasteiger partial charge in [-0.3, -0.25) is 9.78 Å². The van der Waals surface area contributed by atoms with E-state index in [0.717, 1.165) is 17.2 Å². The zero-order valence-electron chi connectivity index (χ0n) is 10.3. The van der Waals surface area contributed by atoms with Crippen molar-refractivity contribution in [3.63, 3.8) is 0 Å². The Balaban J connectivity index is 2.24. The number of aromatic nitrogens is 2. The highest BCUT2D eigenvalue weighted by molar-refractivity contribution is 7.11. The van der Waals surface area contributed by atoms with E-state index in [9.17, 15) is 9.59 Å². The minimum absolute atomic E-state index is 0.0263. The van der Waals surface area contributed by atoms with Crippen LogP contribution in [-0.2, 0) is 0 Å². The number of aryl methyl sites for hydroxylation is 2. The average molecular weight is 277 g/mol. The van der Waals surface area contributed by atoms with Gasteiger partial charge < -0.3 is 10.4 Å². The number of carboxylic acids is 1. The van der Waals surface area contributed by atoms with Crippen LogP contribution in [-0.4, -0.2) is 26.3 Å². The summed E-state index contributed by atoms with van der Waals surface area (Å²) >= 11 is 0.947. The number of pyridine rings is 1. The van der Waals surface area contributed by atoms with E-state index in [1.54, 1.807) is 19.1 Å². The number of rotatable bonds is 3. The number of carboxylic acid groups (broad SMARTS) is 1. The predicted octanol–water partition coefficient (Wildman–Crippen LogP) is 2.11. The van der Waals surface area contributed by atoms with E-state index in [2.05, 4.69) is 14.7 Å². The highest BCUT2D eigenvalue weighted by atomic mass is 32.1. The van der Waals surface area contributed by atoms with Crippen molar-refractivity contribution in [1.82, 2.24) is 9.36 Å². The molecule has 98 valence electrons. The quantitative estimate of drug-likeness (QED) is 0.896. The van der Waals surface area contributed by atoms with Crippen LogP contribution in [0.15, 0.2) is 18.3 Å². The van der Waals surface area contributed by atoms with Crippen molar-refractivity contribution in [2.75, 3.05) is 5.32 Å². The first-order chi connectivity index (χ1) is 8.99. The van der Waals surface area contributed by atoms with Crippen LogP contribution in [0.4, 0.5) is 5.00 Å². The van der Waals surface area contributed by atoms with Crippen molar-refractivity contribution in [1.29, 1.82) is 0 Å². The molecule has 2 aromatic heterocycles. The second-order valence-electron chi connectivity index (χ2n) is 3.92. The van der Waals surface area contributed by atoms with E-state index in [1.807, 2.05) is 6.92 Å². The summed E-state index contributed by atoms with van der Waals surface area (Å²) in [5.41, 5.74) is 1.58. The Bertz CT molecular complexity index is 634. The maximum atomic E-state index is 11.9. The van der Waals surface area contributed by atoms with Gasteiger partial charge in [-0.05, 0) is 37.5 Å². The molecular formula is C12H11N3O3S. The lowest BCUT2D eigenvalue weighted by atomic mass is 10.2. The third-order valence-electron chi connectivity index (χ3n) is 2.48. The maximum absolute atomic E-state index is 11.9. The summed E-state index contributed by atoms with van der Waals surface area (Å²) in [4.78, 5) is 27.0. The van der Waals surface area contributed by atoms with E-state index < -0.39 is 11.9 Å². The first-order valence-corrected chi connectivity index (χ1v) is 6.20. The molecule has 2 aromatic rings. The van der Waals surface area contributed by atoms with Crippen LogP contribution in [0.25, 0.3) is 0 Å². The molecule has 0 unspecified atom stereocenters. The molecule has 2 heterocycles. The van der Waals surface area contributed by atoms with Gasteiger partial charge in [-0.1, -0.05) is 0 Å². The number of hydrogen-bond acceptors (Lipinski definition) is 5. The van der Waals surface area contributed by atoms with E-state index in [1.165, 1.54) is 6.20 Å². The first kappa shape index (κ1) is 13.2. The molecule has 0 fully saturated rings. The number of nitrogens with zero attached hydrogens (tertiary/aromatic N) is 2. The molecule has 0 aliphatic rings. The fourth-order valence-electron chi connectivity index (χ4n) is 1.48. The van der Waals surface area contributed by atoms with Gasteiger partial charge in [0.05, 0.1) is 11.3 Å². The smallest absolute Gasteiger partial charge is 0.340 e. The Morgan fingerprint density at radius 1 is 1.32 bits per heavy atom. The first-order valence-electron chi connectivity index (χ1n) is 5.42. The fourth-order valence-corrected chi connectivity index (χ4v) is 2.27. The summed E-state index contributed by atoms with van der Waals surface area (Å²) in [5, 5.41) is 11.8. The highest BCUT2D eigenvalue weighted by Gasteiger charge is 2.19. The maximum Gasteiger partial charge on any atom is 0.340 e. The molecule has 1 amide bonds. The van der Waals surface area contributed by atoms with Gasteiger partial charge in [-0.15, -0.1) is 0 Å². The van der Waals surface area contributed by atoms with E-state index >= 15 is 0 Å². The van der Waals surface area contributed by atoms with Gasteiger partial charge >= 0.3 is 5.97 Å². The number of nitrogens with one attached hydrogen (secondary N) is 1. The summed E-state index contributed by atoms with van der Waals surface area (Å²) in [6.45, 7) is 3.40. The lowest BCUT2D eigenvalue weighted by molar-refractivity contribution is 0.0697. The van der Waals surface area contributed by atoms with E-state index in [0.29, 0.717) is 11.3 Å². The Morgan fingerprint density at radius 3 is 2.63 bits per heavy atom. The van der Waals surface area contributed by atoms with Crippen LogP contribution in [0.3, 0.4) is 0 Å². The Morgan fingerprint density at radius 2 is 2.05 bits per heavy atom. The monoisotopic (exact) mass is 277 g/mol. The van der Waals surface area contributed by atoms with Crippen LogP contribution < -0.4 is 5.32 Å². The third-order valence-corrected chi connectivity index (χ3v) is 3.33. The summed E-state index contributed by atoms with van der Waals surface area (Å²) in [6, 6.07) is 3.34. The number of carbonyl (C=O) groups excluding carboxylic acids is 1. The van der Waals surface area contributed by atoms with Gasteiger partial charge in [-0.25, -0.2) is 4.79 Å². The van der Waals surface area contributed by atoms with Gasteiger partial charge in [0.1, 0.15) is 10.6 Å². The fraction of sp³-hybridized carbons (Fsp3) is 0.167. The lowest BCUT2D eigenvalue weighted by Crippen LogP contribution is -2.13. The second-order valence-corrected chi connectivity index (χ2v) is 4.69. The molecule has 0 saturated carbocycles. The summed E-state index contributed by atoms with van der Waals surface area (Å²) < 4.78 is 3.93. The molecular weight excluding hydrogens is 266 g/mol. The standard InChI is InChI=1S/C12H11N3O3S/c1-6-3-4-8(5-13-6)10(16)14-11-9(12(17)18)7(2)15-19-11/h3-5H,1-2H3,(H,14,16)(H,17,18). The van der Waals surface area contributed by atoms with Gasteiger partial charge in [0.2, 0.25) is 0 Å². The topological polar surface area (TPSA) is 92.2 Å². The SMILES string of the molecule is Cc1ccc(C(=O)Nc2snc(C)c2C(=O)O)cn1. The number of amides is 1. The zero-order chi connectivity index (χ0) is 14.0. The summed E-state index contributed by atoms with van der Waals surface area (Å²) in [6.07, 6.45) is 1.44. The van der Waals surface area contributed by atoms with Crippen molar-refractivity contribution in [2.45, 2.75) is 13.8 Å².